The number of hydrogen-bond donors (Lipinski definition) is 3. The van der Waals surface area contributed by atoms with Gasteiger partial charge in [-0.1, -0.05) is 42.8 Å². The highest BCUT2D eigenvalue weighted by Crippen LogP contribution is 2.24. The highest BCUT2D eigenvalue weighted by Gasteiger charge is 2.19. The number of nitrogens with one attached hydrogen (secondary N) is 2. The van der Waals surface area contributed by atoms with Gasteiger partial charge < -0.3 is 5.32 Å². The number of aryl methyl sites for hydroxylation is 2. The van der Waals surface area contributed by atoms with Crippen molar-refractivity contribution in [1.29, 1.82) is 0 Å². The molecule has 1 heterocycles. The first kappa shape index (κ1) is 23.2. The van der Waals surface area contributed by atoms with Crippen LogP contribution in [0.3, 0.4) is 0 Å². The molecule has 0 radical (unpaired) electrons. The standard InChI is InChI=1S/C22H24ClN3O3S2/c1-2-18-14-30-22(24-18)20(13-16-6-9-19(10-7-16)26-31(28)29)25-21(27)11-8-15-4-3-5-17(23)12-15/h3-7,9-10,12,14,20,31H,2,8,11,13H2,1H3,(H,25,27)(H,26,28,29)/t20-/m0/s1. The Hall–Kier alpha value is -2.42. The number of benzene rings is 2. The zero-order valence-corrected chi connectivity index (χ0v) is 19.5. The third kappa shape index (κ3) is 7.34. The first-order valence-electron chi connectivity index (χ1n) is 9.91. The number of hydrogen-bond acceptors (Lipinski definition) is 5. The molecule has 2 N–H and O–H groups in total. The molecular formula is C22H24ClN3O3S2. The van der Waals surface area contributed by atoms with E-state index < -0.39 is 10.9 Å². The number of nitrogens with zero attached hydrogens (tertiary/aromatic N) is 1. The van der Waals surface area contributed by atoms with Crippen LogP contribution < -0.4 is 10.0 Å². The molecule has 0 bridgehead atoms. The summed E-state index contributed by atoms with van der Waals surface area (Å²) in [4.78, 5) is 17.3. The van der Waals surface area contributed by atoms with E-state index in [-0.39, 0.29) is 11.9 Å². The van der Waals surface area contributed by atoms with Gasteiger partial charge in [0.25, 0.3) is 0 Å². The van der Waals surface area contributed by atoms with Gasteiger partial charge in [0.2, 0.25) is 16.8 Å². The first-order valence-corrected chi connectivity index (χ1v) is 12.3. The van der Waals surface area contributed by atoms with Crippen LogP contribution in [-0.4, -0.2) is 19.3 Å². The number of thiol groups is 1. The molecule has 0 saturated heterocycles. The van der Waals surface area contributed by atoms with Gasteiger partial charge in [0.05, 0.1) is 11.7 Å². The number of carbonyl (C=O) groups excluding carboxylic acids is 1. The van der Waals surface area contributed by atoms with Crippen molar-refractivity contribution >= 4 is 45.4 Å². The van der Waals surface area contributed by atoms with Crippen molar-refractivity contribution in [2.45, 2.75) is 38.6 Å². The van der Waals surface area contributed by atoms with Gasteiger partial charge in [0.1, 0.15) is 5.01 Å². The van der Waals surface area contributed by atoms with Crippen molar-refractivity contribution in [2.75, 3.05) is 4.72 Å². The fourth-order valence-corrected chi connectivity index (χ4v) is 4.64. The van der Waals surface area contributed by atoms with E-state index >= 15 is 0 Å². The minimum atomic E-state index is -2.70. The van der Waals surface area contributed by atoms with Crippen molar-refractivity contribution in [3.63, 3.8) is 0 Å². The Morgan fingerprint density at radius 1 is 1.16 bits per heavy atom. The van der Waals surface area contributed by atoms with Crippen molar-refractivity contribution in [3.05, 3.63) is 80.8 Å². The van der Waals surface area contributed by atoms with E-state index in [9.17, 15) is 13.2 Å². The smallest absolute Gasteiger partial charge is 0.222 e. The van der Waals surface area contributed by atoms with E-state index in [1.165, 1.54) is 11.3 Å². The average molecular weight is 478 g/mol. The second-order valence-electron chi connectivity index (χ2n) is 7.05. The summed E-state index contributed by atoms with van der Waals surface area (Å²) in [5, 5.41) is 6.64. The van der Waals surface area contributed by atoms with E-state index in [0.29, 0.717) is 30.0 Å². The Labute approximate surface area is 192 Å². The molecule has 1 amide bonds. The molecule has 0 aliphatic rings. The van der Waals surface area contributed by atoms with Crippen LogP contribution in [0.1, 0.15) is 41.2 Å². The Balaban J connectivity index is 1.69. The van der Waals surface area contributed by atoms with E-state index in [1.807, 2.05) is 48.7 Å². The zero-order chi connectivity index (χ0) is 22.2. The number of rotatable bonds is 10. The van der Waals surface area contributed by atoms with Gasteiger partial charge in [0, 0.05) is 22.5 Å². The normalized spacial score (nSPS) is 12.0. The summed E-state index contributed by atoms with van der Waals surface area (Å²) in [7, 11) is -2.70. The van der Waals surface area contributed by atoms with Gasteiger partial charge in [-0.3, -0.25) is 9.52 Å². The maximum atomic E-state index is 12.7. The van der Waals surface area contributed by atoms with E-state index in [0.717, 1.165) is 28.2 Å². The summed E-state index contributed by atoms with van der Waals surface area (Å²) in [6.45, 7) is 2.05. The van der Waals surface area contributed by atoms with Gasteiger partial charge in [-0.15, -0.1) is 11.3 Å². The van der Waals surface area contributed by atoms with Crippen molar-refractivity contribution in [3.8, 4) is 0 Å². The molecule has 2 aromatic carbocycles. The molecule has 0 unspecified atom stereocenters. The van der Waals surface area contributed by atoms with E-state index in [4.69, 9.17) is 11.6 Å². The molecule has 0 saturated carbocycles. The van der Waals surface area contributed by atoms with Gasteiger partial charge in [0.15, 0.2) is 0 Å². The van der Waals surface area contributed by atoms with Crippen LogP contribution >= 0.6 is 22.9 Å². The molecule has 0 aliphatic carbocycles. The third-order valence-corrected chi connectivity index (χ3v) is 6.39. The number of carbonyl (C=O) groups is 1. The molecule has 6 nitrogen and oxygen atoms in total. The Morgan fingerprint density at radius 2 is 1.94 bits per heavy atom. The van der Waals surface area contributed by atoms with Crippen LogP contribution in [0.5, 0.6) is 0 Å². The van der Waals surface area contributed by atoms with Crippen molar-refractivity contribution in [1.82, 2.24) is 10.3 Å². The summed E-state index contributed by atoms with van der Waals surface area (Å²) in [6, 6.07) is 14.4. The topological polar surface area (TPSA) is 88.2 Å². The molecule has 3 aromatic rings. The van der Waals surface area contributed by atoms with Crippen LogP contribution in [0.15, 0.2) is 53.9 Å². The fourth-order valence-electron chi connectivity index (χ4n) is 3.12. The lowest BCUT2D eigenvalue weighted by molar-refractivity contribution is -0.121. The van der Waals surface area contributed by atoms with Crippen LogP contribution in [0.25, 0.3) is 0 Å². The van der Waals surface area contributed by atoms with Crippen LogP contribution in [0.2, 0.25) is 5.02 Å². The molecule has 1 aromatic heterocycles. The average Bonchev–Trinajstić information content (AvgIpc) is 3.22. The summed E-state index contributed by atoms with van der Waals surface area (Å²) >= 11 is 7.56. The molecule has 0 fully saturated rings. The second-order valence-corrected chi connectivity index (χ2v) is 9.11. The number of thiazole rings is 1. The maximum absolute atomic E-state index is 12.7. The predicted molar refractivity (Wildman–Crippen MR) is 126 cm³/mol. The SMILES string of the molecule is CCc1csc([C@H](Cc2ccc(N[SH](=O)=O)cc2)NC(=O)CCc2cccc(Cl)c2)n1. The Bertz CT molecular complexity index is 1090. The lowest BCUT2D eigenvalue weighted by Crippen LogP contribution is -2.30. The fraction of sp³-hybridized carbons (Fsp3) is 0.273. The number of halogens is 1. The first-order chi connectivity index (χ1) is 14.9. The number of anilines is 1. The van der Waals surface area contributed by atoms with Gasteiger partial charge >= 0.3 is 0 Å². The molecule has 9 heteroatoms. The highest BCUT2D eigenvalue weighted by molar-refractivity contribution is 7.73. The Morgan fingerprint density at radius 3 is 2.58 bits per heavy atom. The molecule has 3 rings (SSSR count). The molecule has 164 valence electrons. The van der Waals surface area contributed by atoms with Gasteiger partial charge in [-0.05, 0) is 54.7 Å². The molecule has 31 heavy (non-hydrogen) atoms. The third-order valence-electron chi connectivity index (χ3n) is 4.71. The van der Waals surface area contributed by atoms with Crippen LogP contribution in [0, 0.1) is 0 Å². The minimum absolute atomic E-state index is 0.0557. The predicted octanol–water partition coefficient (Wildman–Crippen LogP) is 4.33. The molecule has 0 spiro atoms. The number of amides is 1. The van der Waals surface area contributed by atoms with Crippen LogP contribution in [-0.2, 0) is 34.9 Å². The molecule has 1 atom stereocenters. The summed E-state index contributed by atoms with van der Waals surface area (Å²) < 4.78 is 24.0. The summed E-state index contributed by atoms with van der Waals surface area (Å²) in [5.74, 6) is -0.0557. The minimum Gasteiger partial charge on any atom is -0.347 e. The number of aromatic nitrogens is 1. The molecule has 0 aliphatic heterocycles. The lowest BCUT2D eigenvalue weighted by atomic mass is 10.0. The second kappa shape index (κ2) is 11.3. The van der Waals surface area contributed by atoms with Gasteiger partial charge in [-0.2, -0.15) is 0 Å². The largest absolute Gasteiger partial charge is 0.347 e. The Kier molecular flexibility index (Phi) is 8.45. The molecular weight excluding hydrogens is 454 g/mol. The van der Waals surface area contributed by atoms with E-state index in [2.05, 4.69) is 15.0 Å². The van der Waals surface area contributed by atoms with Gasteiger partial charge in [-0.25, -0.2) is 13.4 Å². The maximum Gasteiger partial charge on any atom is 0.222 e. The summed E-state index contributed by atoms with van der Waals surface area (Å²) in [6.07, 6.45) is 2.34. The van der Waals surface area contributed by atoms with E-state index in [1.54, 1.807) is 12.1 Å². The zero-order valence-electron chi connectivity index (χ0n) is 17.0. The lowest BCUT2D eigenvalue weighted by Gasteiger charge is -2.17. The van der Waals surface area contributed by atoms with Crippen LogP contribution in [0.4, 0.5) is 5.69 Å². The van der Waals surface area contributed by atoms with Crippen molar-refractivity contribution in [2.24, 2.45) is 0 Å². The monoisotopic (exact) mass is 477 g/mol. The van der Waals surface area contributed by atoms with Crippen molar-refractivity contribution < 1.29 is 13.2 Å². The quantitative estimate of drug-likeness (QED) is 0.379. The highest BCUT2D eigenvalue weighted by atomic mass is 35.5. The summed E-state index contributed by atoms with van der Waals surface area (Å²) in [5.41, 5.74) is 3.49.